The zero-order valence-electron chi connectivity index (χ0n) is 63.0. The second-order valence-electron chi connectivity index (χ2n) is 34.4. The molecule has 0 bridgehead atoms. The number of hydrogen-bond acceptors (Lipinski definition) is 2. The monoisotopic (exact) mass is 1360 g/mol. The van der Waals surface area contributed by atoms with Crippen molar-refractivity contribution in [1.29, 1.82) is 0 Å². The normalized spacial score (nSPS) is 14.2. The first-order chi connectivity index (χ1) is 50.6. The summed E-state index contributed by atoms with van der Waals surface area (Å²) in [7, 11) is 0. The summed E-state index contributed by atoms with van der Waals surface area (Å²) in [4.78, 5) is 5.53. The van der Waals surface area contributed by atoms with E-state index >= 15 is 0 Å². The van der Waals surface area contributed by atoms with Crippen molar-refractivity contribution in [3.63, 3.8) is 0 Å². The molecule has 18 rings (SSSR count). The maximum atomic E-state index is 2.77. The van der Waals surface area contributed by atoms with Crippen molar-refractivity contribution in [1.82, 2.24) is 9.13 Å². The Morgan fingerprint density at radius 3 is 0.886 bits per heavy atom. The first-order valence-electron chi connectivity index (χ1n) is 38.4. The second-order valence-corrected chi connectivity index (χ2v) is 34.4. The molecule has 5 heteroatoms. The zero-order chi connectivity index (χ0) is 72.0. The van der Waals surface area contributed by atoms with E-state index in [9.17, 15) is 0 Å². The lowest BCUT2D eigenvalue weighted by Gasteiger charge is -2.46. The van der Waals surface area contributed by atoms with Crippen LogP contribution in [0.5, 0.6) is 0 Å². The van der Waals surface area contributed by atoms with E-state index in [1.54, 1.807) is 0 Å². The van der Waals surface area contributed by atoms with E-state index in [1.807, 2.05) is 0 Å². The largest absolute Gasteiger partial charge is 0.310 e. The van der Waals surface area contributed by atoms with Crippen molar-refractivity contribution < 1.29 is 0 Å². The van der Waals surface area contributed by atoms with Crippen molar-refractivity contribution >= 4 is 101 Å². The van der Waals surface area contributed by atoms with Crippen LogP contribution in [0.25, 0.3) is 99.5 Å². The molecule has 3 aliphatic rings. The molecule has 0 spiro atoms. The highest BCUT2D eigenvalue weighted by molar-refractivity contribution is 7.00. The number of hydrogen-bond donors (Lipinski definition) is 0. The minimum absolute atomic E-state index is 0.0446. The average molecular weight is 1360 g/mol. The average Bonchev–Trinajstić information content (AvgIpc) is 1.14. The minimum atomic E-state index is -0.201. The van der Waals surface area contributed by atoms with Gasteiger partial charge in [-0.3, -0.25) is 0 Å². The van der Waals surface area contributed by atoms with Crippen molar-refractivity contribution in [3.05, 3.63) is 307 Å². The SMILES string of the molecule is CC(C)(C)c1ccc2c(c1)c1cc(C(C)(C)C)ccc1n2-c1ccc2c(c1)N(c1c(-c3ccccc3)cccc1-c1ccccc1)c1cc(C3CCCCC3)cc3c1B2c1ccc(-n2c4ccc(C(C)(C)C)cc4c4cc(C(C)(C)C)ccc42)cc1N3c1c(-c2ccccc2)cccc1-c1ccccc1. The minimum Gasteiger partial charge on any atom is -0.310 e. The van der Waals surface area contributed by atoms with Crippen LogP contribution in [0.2, 0.25) is 0 Å². The highest BCUT2D eigenvalue weighted by Gasteiger charge is 2.46. The van der Waals surface area contributed by atoms with Gasteiger partial charge in [-0.1, -0.05) is 296 Å². The summed E-state index contributed by atoms with van der Waals surface area (Å²) in [6.45, 7) is 27.9. The molecule has 1 aliphatic carbocycles. The van der Waals surface area contributed by atoms with Gasteiger partial charge in [-0.05, 0) is 192 Å². The predicted octanol–water partition coefficient (Wildman–Crippen LogP) is 25.9. The molecule has 0 unspecified atom stereocenters. The number of para-hydroxylation sites is 2. The number of fused-ring (bicyclic) bond motifs is 10. The van der Waals surface area contributed by atoms with Crippen LogP contribution in [0.15, 0.2) is 279 Å². The van der Waals surface area contributed by atoms with Gasteiger partial charge in [0.05, 0.1) is 33.4 Å². The van der Waals surface area contributed by atoms with Crippen LogP contribution in [0.3, 0.4) is 0 Å². The summed E-state index contributed by atoms with van der Waals surface area (Å²) in [5, 5.41) is 5.12. The van der Waals surface area contributed by atoms with Gasteiger partial charge in [-0.2, -0.15) is 0 Å². The number of nitrogens with zero attached hydrogens (tertiary/aromatic N) is 4. The lowest BCUT2D eigenvalue weighted by atomic mass is 9.33. The van der Waals surface area contributed by atoms with Crippen LogP contribution < -0.4 is 26.2 Å². The molecule has 2 aromatic heterocycles. The van der Waals surface area contributed by atoms with Gasteiger partial charge in [-0.15, -0.1) is 0 Å². The van der Waals surface area contributed by atoms with E-state index in [2.05, 4.69) is 381 Å². The maximum absolute atomic E-state index is 2.77. The predicted molar refractivity (Wildman–Crippen MR) is 452 cm³/mol. The number of aromatic nitrogens is 2. The van der Waals surface area contributed by atoms with Gasteiger partial charge < -0.3 is 18.9 Å². The van der Waals surface area contributed by atoms with Crippen LogP contribution in [0.1, 0.15) is 149 Å². The Kier molecular flexibility index (Phi) is 15.7. The Morgan fingerprint density at radius 1 is 0.286 bits per heavy atom. The van der Waals surface area contributed by atoms with Gasteiger partial charge in [0.15, 0.2) is 0 Å². The maximum Gasteiger partial charge on any atom is 0.252 e. The van der Waals surface area contributed by atoms with E-state index in [-0.39, 0.29) is 28.4 Å². The molecular weight excluding hydrogens is 1270 g/mol. The Hall–Kier alpha value is -10.9. The van der Waals surface area contributed by atoms with Gasteiger partial charge in [0.1, 0.15) is 0 Å². The van der Waals surface area contributed by atoms with Crippen molar-refractivity contribution in [3.8, 4) is 55.9 Å². The molecule has 2 aliphatic heterocycles. The lowest BCUT2D eigenvalue weighted by molar-refractivity contribution is 0.444. The summed E-state index contributed by atoms with van der Waals surface area (Å²) >= 11 is 0. The van der Waals surface area contributed by atoms with Crippen molar-refractivity contribution in [2.45, 2.75) is 143 Å². The number of rotatable bonds is 9. The summed E-state index contributed by atoms with van der Waals surface area (Å²) in [5.74, 6) is 0.348. The van der Waals surface area contributed by atoms with Crippen LogP contribution >= 0.6 is 0 Å². The smallest absolute Gasteiger partial charge is 0.252 e. The first kappa shape index (κ1) is 66.1. The fourth-order valence-corrected chi connectivity index (χ4v) is 17.9. The van der Waals surface area contributed by atoms with Crippen LogP contribution in [-0.4, -0.2) is 15.8 Å². The molecule has 15 aromatic rings. The van der Waals surface area contributed by atoms with Crippen molar-refractivity contribution in [2.75, 3.05) is 9.80 Å². The van der Waals surface area contributed by atoms with Crippen molar-refractivity contribution in [2.24, 2.45) is 0 Å². The van der Waals surface area contributed by atoms with Crippen LogP contribution in [0.4, 0.5) is 34.1 Å². The van der Waals surface area contributed by atoms with Gasteiger partial charge in [0.25, 0.3) is 6.71 Å². The van der Waals surface area contributed by atoms with Gasteiger partial charge in [0, 0.05) is 77.9 Å². The highest BCUT2D eigenvalue weighted by atomic mass is 15.2. The summed E-state index contributed by atoms with van der Waals surface area (Å²) < 4.78 is 5.16. The van der Waals surface area contributed by atoms with Gasteiger partial charge in [0.2, 0.25) is 0 Å². The Bertz CT molecular complexity index is 5310. The third-order valence-corrected chi connectivity index (χ3v) is 23.5. The molecule has 0 saturated heterocycles. The molecule has 4 heterocycles. The fourth-order valence-electron chi connectivity index (χ4n) is 17.9. The molecule has 0 atom stereocenters. The topological polar surface area (TPSA) is 16.3 Å². The van der Waals surface area contributed by atoms with Gasteiger partial charge >= 0.3 is 0 Å². The molecule has 0 amide bonds. The molecule has 0 radical (unpaired) electrons. The van der Waals surface area contributed by atoms with E-state index in [0.29, 0.717) is 5.92 Å². The number of anilines is 6. The molecule has 4 nitrogen and oxygen atoms in total. The number of benzene rings is 13. The molecule has 1 fully saturated rings. The molecular formula is C100H93BN4. The summed E-state index contributed by atoms with van der Waals surface area (Å²) in [5.41, 5.74) is 34.0. The van der Waals surface area contributed by atoms with Gasteiger partial charge in [-0.25, -0.2) is 0 Å². The van der Waals surface area contributed by atoms with E-state index in [4.69, 9.17) is 0 Å². The fraction of sp³-hybridized carbons (Fsp3) is 0.220. The third kappa shape index (κ3) is 11.2. The van der Waals surface area contributed by atoms with Crippen LogP contribution in [-0.2, 0) is 21.7 Å². The third-order valence-electron chi connectivity index (χ3n) is 23.5. The first-order valence-corrected chi connectivity index (χ1v) is 38.4. The summed E-state index contributed by atoms with van der Waals surface area (Å²) in [6.07, 6.45) is 5.94. The van der Waals surface area contributed by atoms with E-state index in [1.165, 1.54) is 186 Å². The second kappa shape index (κ2) is 24.9. The van der Waals surface area contributed by atoms with E-state index < -0.39 is 0 Å². The highest BCUT2D eigenvalue weighted by Crippen LogP contribution is 2.55. The molecule has 105 heavy (non-hydrogen) atoms. The Morgan fingerprint density at radius 2 is 0.590 bits per heavy atom. The van der Waals surface area contributed by atoms with Crippen LogP contribution in [0, 0.1) is 0 Å². The molecule has 0 N–H and O–H groups in total. The van der Waals surface area contributed by atoms with E-state index in [0.717, 1.165) is 24.2 Å². The standard InChI is InChI=1S/C100H93BN4/c1-97(2,3)70-44-52-86-80(58-70)81-59-71(98(4,5)6)45-53-87(81)102(86)74-48-50-84-90(62-74)104(95-76(65-32-20-14-21-33-65)40-28-41-77(95)66-34-22-15-23-35-66)92-56-69(64-30-18-13-19-31-64)57-93-94(92)101(84)85-51-49-75(103-88-54-46-72(99(7,8)9)60-82(88)83-61-73(100(10,11)12)47-55-89(83)103)63-91(85)105(93)96-78(67-36-24-16-25-37-67)42-29-43-79(96)68-38-26-17-27-39-68/h14-17,20-29,32-64H,13,18-19,30-31H2,1-12H3. The quantitative estimate of drug-likeness (QED) is 0.134. The Balaban J connectivity index is 1.00. The molecule has 516 valence electrons. The Labute approximate surface area is 621 Å². The zero-order valence-corrected chi connectivity index (χ0v) is 63.0. The summed E-state index contributed by atoms with van der Waals surface area (Å²) in [6, 6.07) is 109. The molecule has 13 aromatic carbocycles. The lowest BCUT2D eigenvalue weighted by Crippen LogP contribution is -2.61. The molecule has 1 saturated carbocycles.